The molecule has 0 saturated carbocycles. The first-order valence-electron chi connectivity index (χ1n) is 12.5. The minimum Gasteiger partial charge on any atom is -0.497 e. The normalized spacial score (nSPS) is 24.6. The van der Waals surface area contributed by atoms with E-state index in [1.807, 2.05) is 71.4 Å². The average Bonchev–Trinajstić information content (AvgIpc) is 3.25. The summed E-state index contributed by atoms with van der Waals surface area (Å²) in [7, 11) is 3.58. The number of rotatable bonds is 5. The van der Waals surface area contributed by atoms with Gasteiger partial charge in [-0.2, -0.15) is 0 Å². The molecule has 3 unspecified atom stereocenters. The van der Waals surface area contributed by atoms with Crippen molar-refractivity contribution in [3.63, 3.8) is 0 Å². The second kappa shape index (κ2) is 10.3. The molecular weight excluding hydrogens is 458 g/mol. The van der Waals surface area contributed by atoms with Crippen LogP contribution in [0.3, 0.4) is 0 Å². The van der Waals surface area contributed by atoms with Crippen LogP contribution in [0.1, 0.15) is 5.56 Å². The highest BCUT2D eigenvalue weighted by molar-refractivity contribution is 5.98. The number of anilines is 1. The Labute approximate surface area is 211 Å². The van der Waals surface area contributed by atoms with E-state index in [0.29, 0.717) is 45.7 Å². The molecule has 3 fully saturated rings. The Bertz CT molecular complexity index is 1100. The molecule has 9 heteroatoms. The number of para-hydroxylation sites is 1. The lowest BCUT2D eigenvalue weighted by atomic mass is 9.84. The summed E-state index contributed by atoms with van der Waals surface area (Å²) in [6.45, 7) is 3.25. The average molecular weight is 492 g/mol. The van der Waals surface area contributed by atoms with Crippen LogP contribution in [0.25, 0.3) is 0 Å². The van der Waals surface area contributed by atoms with Crippen LogP contribution in [-0.4, -0.2) is 91.9 Å². The molecule has 190 valence electrons. The molecule has 3 aliphatic heterocycles. The molecule has 0 radical (unpaired) electrons. The van der Waals surface area contributed by atoms with Crippen LogP contribution >= 0.6 is 0 Å². The summed E-state index contributed by atoms with van der Waals surface area (Å²) >= 11 is 0. The number of piperazine rings is 1. The van der Waals surface area contributed by atoms with Crippen molar-refractivity contribution in [2.45, 2.75) is 12.5 Å². The molecule has 0 bridgehead atoms. The number of nitrogens with one attached hydrogen (secondary N) is 1. The van der Waals surface area contributed by atoms with Gasteiger partial charge in [0.05, 0.1) is 37.1 Å². The molecule has 36 heavy (non-hydrogen) atoms. The first-order chi connectivity index (χ1) is 17.4. The molecular formula is C27H33N5O4. The number of carbonyl (C=O) groups excluding carboxylic acids is 3. The van der Waals surface area contributed by atoms with E-state index in [2.05, 4.69) is 10.3 Å². The minimum atomic E-state index is -0.326. The van der Waals surface area contributed by atoms with Crippen LogP contribution in [-0.2, 0) is 20.8 Å². The molecule has 0 spiro atoms. The Kier molecular flexibility index (Phi) is 6.93. The lowest BCUT2D eigenvalue weighted by molar-refractivity contribution is -0.144. The van der Waals surface area contributed by atoms with E-state index in [1.165, 1.54) is 0 Å². The van der Waals surface area contributed by atoms with Gasteiger partial charge < -0.3 is 19.4 Å². The number of nitrogens with zero attached hydrogens (tertiary/aromatic N) is 4. The zero-order chi connectivity index (χ0) is 25.2. The van der Waals surface area contributed by atoms with Crippen LogP contribution in [0.4, 0.5) is 5.69 Å². The molecule has 3 saturated heterocycles. The number of hydrogen-bond acceptors (Lipinski definition) is 6. The summed E-state index contributed by atoms with van der Waals surface area (Å²) in [5.41, 5.74) is 5.08. The summed E-state index contributed by atoms with van der Waals surface area (Å²) in [6.07, 6.45) is 0.330. The quantitative estimate of drug-likeness (QED) is 0.672. The van der Waals surface area contributed by atoms with E-state index in [1.54, 1.807) is 12.1 Å². The Morgan fingerprint density at radius 3 is 2.28 bits per heavy atom. The Hall–Kier alpha value is -3.43. The molecule has 2 aromatic rings. The maximum atomic E-state index is 13.6. The molecule has 0 aliphatic carbocycles. The van der Waals surface area contributed by atoms with Crippen molar-refractivity contribution in [3.8, 4) is 5.75 Å². The first-order valence-corrected chi connectivity index (χ1v) is 12.5. The Balaban J connectivity index is 1.20. The molecule has 2 aromatic carbocycles. The fraction of sp³-hybridized carbons (Fsp3) is 0.444. The SMILES string of the molecule is COc1ccc(CC(=O)N2CCN(C(=O)C3CN(C)CC4C(=O)N(c5ccccc5)NC34)CC2)cc1. The molecule has 9 nitrogen and oxygen atoms in total. The highest BCUT2D eigenvalue weighted by atomic mass is 16.5. The number of piperidine rings is 1. The van der Waals surface area contributed by atoms with E-state index in [-0.39, 0.29) is 35.6 Å². The van der Waals surface area contributed by atoms with Gasteiger partial charge in [-0.3, -0.25) is 14.4 Å². The number of amides is 3. The second-order valence-electron chi connectivity index (χ2n) is 9.83. The zero-order valence-electron chi connectivity index (χ0n) is 20.8. The van der Waals surface area contributed by atoms with Crippen molar-refractivity contribution in [3.05, 3.63) is 60.2 Å². The number of likely N-dealkylation sites (tertiary alicyclic amines) is 1. The van der Waals surface area contributed by atoms with Crippen molar-refractivity contribution in [2.75, 3.05) is 58.4 Å². The van der Waals surface area contributed by atoms with Crippen LogP contribution < -0.4 is 15.2 Å². The monoisotopic (exact) mass is 491 g/mol. The summed E-state index contributed by atoms with van der Waals surface area (Å²) in [5, 5.41) is 1.60. The lowest BCUT2D eigenvalue weighted by Crippen LogP contribution is -2.59. The smallest absolute Gasteiger partial charge is 0.247 e. The van der Waals surface area contributed by atoms with Gasteiger partial charge in [-0.05, 0) is 36.9 Å². The molecule has 0 aromatic heterocycles. The van der Waals surface area contributed by atoms with Crippen LogP contribution in [0.2, 0.25) is 0 Å². The summed E-state index contributed by atoms with van der Waals surface area (Å²) in [5.74, 6) is 0.280. The highest BCUT2D eigenvalue weighted by Gasteiger charge is 2.51. The molecule has 3 amide bonds. The fourth-order valence-electron chi connectivity index (χ4n) is 5.49. The maximum Gasteiger partial charge on any atom is 0.247 e. The van der Waals surface area contributed by atoms with Crippen LogP contribution in [0.5, 0.6) is 5.75 Å². The molecule has 3 heterocycles. The van der Waals surface area contributed by atoms with Crippen molar-refractivity contribution < 1.29 is 19.1 Å². The summed E-state index contributed by atoms with van der Waals surface area (Å²) < 4.78 is 5.18. The Morgan fingerprint density at radius 2 is 1.61 bits per heavy atom. The van der Waals surface area contributed by atoms with Crippen LogP contribution in [0, 0.1) is 11.8 Å². The van der Waals surface area contributed by atoms with Crippen molar-refractivity contribution in [1.29, 1.82) is 0 Å². The number of methoxy groups -OCH3 is 1. The summed E-state index contributed by atoms with van der Waals surface area (Å²) in [4.78, 5) is 45.4. The molecule has 1 N–H and O–H groups in total. The van der Waals surface area contributed by atoms with Gasteiger partial charge in [-0.25, -0.2) is 10.4 Å². The zero-order valence-corrected chi connectivity index (χ0v) is 20.8. The number of hydrogen-bond donors (Lipinski definition) is 1. The van der Waals surface area contributed by atoms with E-state index in [4.69, 9.17) is 4.74 Å². The predicted molar refractivity (Wildman–Crippen MR) is 135 cm³/mol. The third-order valence-electron chi connectivity index (χ3n) is 7.49. The van der Waals surface area contributed by atoms with Gasteiger partial charge in [-0.15, -0.1) is 0 Å². The third-order valence-corrected chi connectivity index (χ3v) is 7.49. The number of benzene rings is 2. The van der Waals surface area contributed by atoms with Crippen LogP contribution in [0.15, 0.2) is 54.6 Å². The standard InChI is InChI=1S/C27H33N5O4/c1-29-17-22(25-23(18-29)27(35)32(28-25)20-6-4-3-5-7-20)26(34)31-14-12-30(13-15-31)24(33)16-19-8-10-21(36-2)11-9-19/h3-11,22-23,25,28H,12-18H2,1-2H3. The largest absolute Gasteiger partial charge is 0.497 e. The number of hydrazine groups is 1. The van der Waals surface area contributed by atoms with E-state index >= 15 is 0 Å². The second-order valence-corrected chi connectivity index (χ2v) is 9.83. The van der Waals surface area contributed by atoms with E-state index < -0.39 is 0 Å². The molecule has 3 aliphatic rings. The third kappa shape index (κ3) is 4.81. The predicted octanol–water partition coefficient (Wildman–Crippen LogP) is 1.01. The number of fused-ring (bicyclic) bond motifs is 1. The number of ether oxygens (including phenoxy) is 1. The van der Waals surface area contributed by atoms with Gasteiger partial charge in [0, 0.05) is 39.3 Å². The maximum absolute atomic E-state index is 13.6. The Morgan fingerprint density at radius 1 is 0.944 bits per heavy atom. The lowest BCUT2D eigenvalue weighted by Gasteiger charge is -2.41. The van der Waals surface area contributed by atoms with E-state index in [9.17, 15) is 14.4 Å². The van der Waals surface area contributed by atoms with Gasteiger partial charge in [0.15, 0.2) is 0 Å². The van der Waals surface area contributed by atoms with Gasteiger partial charge in [0.25, 0.3) is 0 Å². The van der Waals surface area contributed by atoms with E-state index in [0.717, 1.165) is 17.0 Å². The molecule has 5 rings (SSSR count). The van der Waals surface area contributed by atoms with Crippen molar-refractivity contribution in [1.82, 2.24) is 20.1 Å². The van der Waals surface area contributed by atoms with Crippen molar-refractivity contribution in [2.24, 2.45) is 11.8 Å². The fourth-order valence-corrected chi connectivity index (χ4v) is 5.49. The van der Waals surface area contributed by atoms with Crippen molar-refractivity contribution >= 4 is 23.4 Å². The van der Waals surface area contributed by atoms with Gasteiger partial charge in [-0.1, -0.05) is 30.3 Å². The van der Waals surface area contributed by atoms with Gasteiger partial charge in [0.1, 0.15) is 5.75 Å². The van der Waals surface area contributed by atoms with Gasteiger partial charge in [0.2, 0.25) is 17.7 Å². The summed E-state index contributed by atoms with van der Waals surface area (Å²) in [6, 6.07) is 16.8. The number of carbonyl (C=O) groups is 3. The van der Waals surface area contributed by atoms with Gasteiger partial charge >= 0.3 is 0 Å². The highest BCUT2D eigenvalue weighted by Crippen LogP contribution is 2.32. The molecule has 3 atom stereocenters. The first kappa shape index (κ1) is 24.3. The topological polar surface area (TPSA) is 85.4 Å². The minimum absolute atomic E-state index is 0.00416.